The maximum Gasteiger partial charge on any atom is 0.270 e. The van der Waals surface area contributed by atoms with Crippen LogP contribution in [-0.4, -0.2) is 39.5 Å². The second kappa shape index (κ2) is 5.38. The number of β-amino-alcohol motifs (C(OH)–C–C–N with tert-alkyl or cyclic N) is 1. The molecule has 1 aromatic carbocycles. The lowest BCUT2D eigenvalue weighted by atomic mass is 9.88. The Morgan fingerprint density at radius 2 is 2.20 bits per heavy atom. The summed E-state index contributed by atoms with van der Waals surface area (Å²) < 4.78 is 0. The third kappa shape index (κ3) is 2.76. The molecule has 1 aromatic rings. The van der Waals surface area contributed by atoms with Gasteiger partial charge in [-0.3, -0.25) is 14.9 Å². The molecule has 1 heterocycles. The van der Waals surface area contributed by atoms with E-state index in [-0.39, 0.29) is 35.3 Å². The zero-order valence-corrected chi connectivity index (χ0v) is 11.8. The second-order valence-corrected chi connectivity index (χ2v) is 5.46. The van der Waals surface area contributed by atoms with Gasteiger partial charge in [-0.2, -0.15) is 0 Å². The predicted molar refractivity (Wildman–Crippen MR) is 73.9 cm³/mol. The Bertz CT molecular complexity index is 555. The molecule has 1 aliphatic heterocycles. The number of nitro benzene ring substituents is 1. The van der Waals surface area contributed by atoms with Crippen molar-refractivity contribution in [2.45, 2.75) is 25.4 Å². The normalized spacial score (nSPS) is 16.6. The molecule has 1 N–H and O–H groups in total. The van der Waals surface area contributed by atoms with E-state index in [1.165, 1.54) is 23.1 Å². The fourth-order valence-corrected chi connectivity index (χ4v) is 2.59. The minimum atomic E-state index is -0.836. The summed E-state index contributed by atoms with van der Waals surface area (Å²) in [6.07, 6.45) is 1.45. The highest BCUT2D eigenvalue weighted by atomic mass is 35.5. The lowest BCUT2D eigenvalue weighted by Gasteiger charge is -2.46. The number of amides is 1. The van der Waals surface area contributed by atoms with E-state index in [1.807, 2.05) is 6.92 Å². The molecular weight excluding hydrogens is 284 g/mol. The van der Waals surface area contributed by atoms with Gasteiger partial charge in [0.25, 0.3) is 11.6 Å². The SMILES string of the molecule is CCCC1(O)CN(C(=O)c2cc([N+](=O)[O-])ccc2Cl)C1. The Labute approximate surface area is 121 Å². The van der Waals surface area contributed by atoms with Gasteiger partial charge >= 0.3 is 0 Å². The van der Waals surface area contributed by atoms with Gasteiger partial charge in [-0.1, -0.05) is 24.9 Å². The van der Waals surface area contributed by atoms with Crippen molar-refractivity contribution in [2.75, 3.05) is 13.1 Å². The Balaban J connectivity index is 2.15. The number of rotatable bonds is 4. The standard InChI is InChI=1S/C13H15ClN2O4/c1-2-5-13(18)7-15(8-13)12(17)10-6-9(16(19)20)3-4-11(10)14/h3-4,6,18H,2,5,7-8H2,1H3. The molecule has 0 aromatic heterocycles. The van der Waals surface area contributed by atoms with Gasteiger partial charge in [0.05, 0.1) is 34.2 Å². The number of halogens is 1. The molecule has 0 atom stereocenters. The lowest BCUT2D eigenvalue weighted by Crippen LogP contribution is -2.63. The van der Waals surface area contributed by atoms with Crippen molar-refractivity contribution in [2.24, 2.45) is 0 Å². The van der Waals surface area contributed by atoms with Crippen LogP contribution in [0.2, 0.25) is 5.02 Å². The Hall–Kier alpha value is -1.66. The highest BCUT2D eigenvalue weighted by molar-refractivity contribution is 6.34. The molecule has 0 bridgehead atoms. The van der Waals surface area contributed by atoms with E-state index in [1.54, 1.807) is 0 Å². The van der Waals surface area contributed by atoms with Crippen LogP contribution in [0.3, 0.4) is 0 Å². The number of carbonyl (C=O) groups is 1. The van der Waals surface area contributed by atoms with Crippen LogP contribution in [0.15, 0.2) is 18.2 Å². The molecule has 2 rings (SSSR count). The smallest absolute Gasteiger partial charge is 0.270 e. The average Bonchev–Trinajstić information content (AvgIpc) is 2.35. The number of benzene rings is 1. The van der Waals surface area contributed by atoms with Gasteiger partial charge in [-0.05, 0) is 12.5 Å². The highest BCUT2D eigenvalue weighted by Gasteiger charge is 2.43. The quantitative estimate of drug-likeness (QED) is 0.682. The molecule has 108 valence electrons. The van der Waals surface area contributed by atoms with E-state index < -0.39 is 10.5 Å². The first-order valence-corrected chi connectivity index (χ1v) is 6.70. The van der Waals surface area contributed by atoms with Crippen molar-refractivity contribution in [3.05, 3.63) is 38.9 Å². The minimum Gasteiger partial charge on any atom is -0.386 e. The Kier molecular flexibility index (Phi) is 3.96. The number of non-ortho nitro benzene ring substituents is 1. The fourth-order valence-electron chi connectivity index (χ4n) is 2.39. The van der Waals surface area contributed by atoms with Gasteiger partial charge in [-0.15, -0.1) is 0 Å². The summed E-state index contributed by atoms with van der Waals surface area (Å²) in [6.45, 7) is 2.43. The highest BCUT2D eigenvalue weighted by Crippen LogP contribution is 2.30. The van der Waals surface area contributed by atoms with Crippen molar-refractivity contribution in [1.29, 1.82) is 0 Å². The van der Waals surface area contributed by atoms with E-state index in [9.17, 15) is 20.0 Å². The summed E-state index contributed by atoms with van der Waals surface area (Å²) in [5.41, 5.74) is -0.918. The molecular formula is C13H15ClN2O4. The number of nitrogens with zero attached hydrogens (tertiary/aromatic N) is 2. The maximum atomic E-state index is 12.2. The summed E-state index contributed by atoms with van der Waals surface area (Å²) in [5.74, 6) is -0.389. The molecule has 0 spiro atoms. The number of likely N-dealkylation sites (tertiary alicyclic amines) is 1. The molecule has 1 saturated heterocycles. The maximum absolute atomic E-state index is 12.2. The van der Waals surface area contributed by atoms with Gasteiger partial charge in [0.15, 0.2) is 0 Å². The second-order valence-electron chi connectivity index (χ2n) is 5.06. The minimum absolute atomic E-state index is 0.0967. The molecule has 1 fully saturated rings. The first kappa shape index (κ1) is 14.7. The molecule has 1 amide bonds. The van der Waals surface area contributed by atoms with E-state index >= 15 is 0 Å². The van der Waals surface area contributed by atoms with Gasteiger partial charge in [0, 0.05) is 12.1 Å². The van der Waals surface area contributed by atoms with Crippen molar-refractivity contribution >= 4 is 23.2 Å². The van der Waals surface area contributed by atoms with Crippen LogP contribution in [0.5, 0.6) is 0 Å². The van der Waals surface area contributed by atoms with Crippen LogP contribution >= 0.6 is 11.6 Å². The molecule has 1 aliphatic rings. The average molecular weight is 299 g/mol. The number of nitro groups is 1. The van der Waals surface area contributed by atoms with Crippen molar-refractivity contribution in [1.82, 2.24) is 4.90 Å². The van der Waals surface area contributed by atoms with Crippen LogP contribution in [0, 0.1) is 10.1 Å². The molecule has 0 radical (unpaired) electrons. The summed E-state index contributed by atoms with van der Waals surface area (Å²) in [7, 11) is 0. The van der Waals surface area contributed by atoms with Crippen molar-refractivity contribution in [3.63, 3.8) is 0 Å². The molecule has 6 nitrogen and oxygen atoms in total. The monoisotopic (exact) mass is 298 g/mol. The van der Waals surface area contributed by atoms with Crippen LogP contribution in [0.1, 0.15) is 30.1 Å². The zero-order chi connectivity index (χ0) is 14.9. The predicted octanol–water partition coefficient (Wildman–Crippen LogP) is 2.24. The molecule has 20 heavy (non-hydrogen) atoms. The lowest BCUT2D eigenvalue weighted by molar-refractivity contribution is -0.384. The number of hydrogen-bond acceptors (Lipinski definition) is 4. The Morgan fingerprint density at radius 1 is 1.55 bits per heavy atom. The van der Waals surface area contributed by atoms with E-state index in [0.717, 1.165) is 6.42 Å². The van der Waals surface area contributed by atoms with Crippen molar-refractivity contribution < 1.29 is 14.8 Å². The largest absolute Gasteiger partial charge is 0.386 e. The summed E-state index contributed by atoms with van der Waals surface area (Å²) >= 11 is 5.92. The van der Waals surface area contributed by atoms with Crippen LogP contribution in [-0.2, 0) is 0 Å². The molecule has 7 heteroatoms. The van der Waals surface area contributed by atoms with Gasteiger partial charge in [-0.25, -0.2) is 0 Å². The van der Waals surface area contributed by atoms with Crippen LogP contribution in [0.25, 0.3) is 0 Å². The summed E-state index contributed by atoms with van der Waals surface area (Å²) in [4.78, 5) is 23.8. The Morgan fingerprint density at radius 3 is 2.75 bits per heavy atom. The van der Waals surface area contributed by atoms with Gasteiger partial charge < -0.3 is 10.0 Å². The van der Waals surface area contributed by atoms with Crippen LogP contribution in [0.4, 0.5) is 5.69 Å². The summed E-state index contributed by atoms with van der Waals surface area (Å²) in [6, 6.07) is 3.76. The molecule has 0 unspecified atom stereocenters. The first-order valence-electron chi connectivity index (χ1n) is 6.32. The third-order valence-electron chi connectivity index (χ3n) is 3.36. The summed E-state index contributed by atoms with van der Waals surface area (Å²) in [5, 5.41) is 21.0. The van der Waals surface area contributed by atoms with E-state index in [2.05, 4.69) is 0 Å². The zero-order valence-electron chi connectivity index (χ0n) is 11.0. The number of aliphatic hydroxyl groups is 1. The van der Waals surface area contributed by atoms with E-state index in [0.29, 0.717) is 6.42 Å². The molecule has 0 aliphatic carbocycles. The number of carbonyl (C=O) groups excluding carboxylic acids is 1. The van der Waals surface area contributed by atoms with Gasteiger partial charge in [0.1, 0.15) is 0 Å². The third-order valence-corrected chi connectivity index (χ3v) is 3.69. The fraction of sp³-hybridized carbons (Fsp3) is 0.462. The topological polar surface area (TPSA) is 83.7 Å². The van der Waals surface area contributed by atoms with Gasteiger partial charge in [0.2, 0.25) is 0 Å². The van der Waals surface area contributed by atoms with E-state index in [4.69, 9.17) is 11.6 Å². The van der Waals surface area contributed by atoms with Crippen LogP contribution < -0.4 is 0 Å². The molecule has 0 saturated carbocycles. The number of hydrogen-bond donors (Lipinski definition) is 1. The van der Waals surface area contributed by atoms with Crippen molar-refractivity contribution in [3.8, 4) is 0 Å². The first-order chi connectivity index (χ1) is 9.36.